The molecule has 0 saturated heterocycles. The molecule has 2 rings (SSSR count). The zero-order valence-corrected chi connectivity index (χ0v) is 11.8. The van der Waals surface area contributed by atoms with Crippen LogP contribution in [0.5, 0.6) is 0 Å². The van der Waals surface area contributed by atoms with Gasteiger partial charge in [-0.05, 0) is 31.5 Å². The lowest BCUT2D eigenvalue weighted by atomic mass is 10.1. The number of carbonyl (C=O) groups is 1. The van der Waals surface area contributed by atoms with Crippen molar-refractivity contribution >= 4 is 17.5 Å². The first-order valence-electron chi connectivity index (χ1n) is 5.87. The van der Waals surface area contributed by atoms with Crippen molar-refractivity contribution in [3.8, 4) is 0 Å². The maximum atomic E-state index is 12.3. The van der Waals surface area contributed by atoms with Crippen molar-refractivity contribution in [1.82, 2.24) is 20.1 Å². The molecule has 0 bridgehead atoms. The first-order valence-corrected chi connectivity index (χ1v) is 6.25. The first kappa shape index (κ1) is 13.5. The molecule has 0 atom stereocenters. The van der Waals surface area contributed by atoms with Crippen LogP contribution in [0.3, 0.4) is 0 Å². The highest BCUT2D eigenvalue weighted by Crippen LogP contribution is 2.20. The van der Waals surface area contributed by atoms with Gasteiger partial charge < -0.3 is 4.90 Å². The molecule has 0 fully saturated rings. The average Bonchev–Trinajstić information content (AvgIpc) is 2.77. The number of amides is 1. The van der Waals surface area contributed by atoms with Crippen LogP contribution in [0.2, 0.25) is 5.02 Å². The van der Waals surface area contributed by atoms with E-state index in [1.54, 1.807) is 30.1 Å². The molecule has 19 heavy (non-hydrogen) atoms. The molecule has 0 unspecified atom stereocenters. The Kier molecular flexibility index (Phi) is 3.85. The number of aromatic amines is 1. The monoisotopic (exact) mass is 278 g/mol. The minimum Gasteiger partial charge on any atom is -0.334 e. The minimum absolute atomic E-state index is 0.0950. The van der Waals surface area contributed by atoms with Crippen LogP contribution in [0.25, 0.3) is 0 Å². The number of nitrogens with zero attached hydrogens (tertiary/aromatic N) is 3. The van der Waals surface area contributed by atoms with Crippen LogP contribution in [0.15, 0.2) is 18.2 Å². The van der Waals surface area contributed by atoms with Gasteiger partial charge in [-0.2, -0.15) is 5.10 Å². The molecular formula is C13H15ClN4O. The van der Waals surface area contributed by atoms with Crippen LogP contribution in [0.1, 0.15) is 27.6 Å². The van der Waals surface area contributed by atoms with E-state index < -0.39 is 0 Å². The molecule has 0 aliphatic heterocycles. The van der Waals surface area contributed by atoms with Crippen molar-refractivity contribution in [3.05, 3.63) is 46.0 Å². The lowest BCUT2D eigenvalue weighted by Gasteiger charge is -2.17. The number of rotatable bonds is 3. The number of aromatic nitrogens is 3. The van der Waals surface area contributed by atoms with E-state index in [1.165, 1.54) is 0 Å². The molecule has 0 aliphatic carbocycles. The standard InChI is InChI=1S/C13H15ClN4O/c1-8-10(5-4-6-11(8)14)13(19)18(3)7-12-15-9(2)16-17-12/h4-6H,7H2,1-3H3,(H,15,16,17). The van der Waals surface area contributed by atoms with Gasteiger partial charge in [0.1, 0.15) is 5.82 Å². The highest BCUT2D eigenvalue weighted by molar-refractivity contribution is 6.31. The van der Waals surface area contributed by atoms with Crippen LogP contribution < -0.4 is 0 Å². The van der Waals surface area contributed by atoms with Crippen LogP contribution in [0, 0.1) is 13.8 Å². The number of nitrogens with one attached hydrogen (secondary N) is 1. The topological polar surface area (TPSA) is 61.9 Å². The van der Waals surface area contributed by atoms with E-state index in [4.69, 9.17) is 11.6 Å². The number of H-pyrrole nitrogens is 1. The number of benzene rings is 1. The van der Waals surface area contributed by atoms with Gasteiger partial charge in [-0.3, -0.25) is 9.89 Å². The summed E-state index contributed by atoms with van der Waals surface area (Å²) in [6.45, 7) is 4.01. The molecule has 1 aromatic carbocycles. The van der Waals surface area contributed by atoms with E-state index in [9.17, 15) is 4.79 Å². The van der Waals surface area contributed by atoms with Gasteiger partial charge >= 0.3 is 0 Å². The normalized spacial score (nSPS) is 10.5. The minimum atomic E-state index is -0.0950. The molecule has 6 heteroatoms. The molecule has 100 valence electrons. The predicted molar refractivity (Wildman–Crippen MR) is 73.1 cm³/mol. The van der Waals surface area contributed by atoms with Crippen molar-refractivity contribution in [1.29, 1.82) is 0 Å². The van der Waals surface area contributed by atoms with Gasteiger partial charge in [-0.1, -0.05) is 17.7 Å². The summed E-state index contributed by atoms with van der Waals surface area (Å²) in [6, 6.07) is 5.31. The highest BCUT2D eigenvalue weighted by atomic mass is 35.5. The van der Waals surface area contributed by atoms with Crippen molar-refractivity contribution in [2.75, 3.05) is 7.05 Å². The third-order valence-corrected chi connectivity index (χ3v) is 3.28. The summed E-state index contributed by atoms with van der Waals surface area (Å²) >= 11 is 6.03. The van der Waals surface area contributed by atoms with Gasteiger partial charge in [-0.25, -0.2) is 4.98 Å². The average molecular weight is 279 g/mol. The number of hydrogen-bond donors (Lipinski definition) is 1. The number of aryl methyl sites for hydroxylation is 1. The maximum absolute atomic E-state index is 12.3. The Balaban J connectivity index is 2.17. The summed E-state index contributed by atoms with van der Waals surface area (Å²) in [5, 5.41) is 7.36. The third-order valence-electron chi connectivity index (χ3n) is 2.87. The summed E-state index contributed by atoms with van der Waals surface area (Å²) in [5.41, 5.74) is 1.38. The van der Waals surface area contributed by atoms with Gasteiger partial charge in [0.2, 0.25) is 0 Å². The van der Waals surface area contributed by atoms with Crippen LogP contribution in [0.4, 0.5) is 0 Å². The molecule has 0 radical (unpaired) electrons. The summed E-state index contributed by atoms with van der Waals surface area (Å²) in [4.78, 5) is 18.1. The fourth-order valence-electron chi connectivity index (χ4n) is 1.79. The number of hydrogen-bond acceptors (Lipinski definition) is 3. The number of halogens is 1. The summed E-state index contributed by atoms with van der Waals surface area (Å²) in [7, 11) is 1.72. The Morgan fingerprint density at radius 1 is 1.42 bits per heavy atom. The Bertz CT molecular complexity index is 608. The molecule has 2 aromatic rings. The lowest BCUT2D eigenvalue weighted by Crippen LogP contribution is -2.27. The fourth-order valence-corrected chi connectivity index (χ4v) is 1.96. The molecule has 0 spiro atoms. The van der Waals surface area contributed by atoms with E-state index in [0.29, 0.717) is 23.0 Å². The van der Waals surface area contributed by atoms with E-state index in [0.717, 1.165) is 11.4 Å². The number of carbonyl (C=O) groups excluding carboxylic acids is 1. The summed E-state index contributed by atoms with van der Waals surface area (Å²) in [5.74, 6) is 1.23. The van der Waals surface area contributed by atoms with Gasteiger partial charge in [0.15, 0.2) is 5.82 Å². The summed E-state index contributed by atoms with van der Waals surface area (Å²) in [6.07, 6.45) is 0. The van der Waals surface area contributed by atoms with Crippen molar-refractivity contribution in [2.24, 2.45) is 0 Å². The van der Waals surface area contributed by atoms with Gasteiger partial charge in [-0.15, -0.1) is 0 Å². The zero-order valence-electron chi connectivity index (χ0n) is 11.1. The van der Waals surface area contributed by atoms with Gasteiger partial charge in [0, 0.05) is 17.6 Å². The van der Waals surface area contributed by atoms with Crippen molar-refractivity contribution in [3.63, 3.8) is 0 Å². The first-order chi connectivity index (χ1) is 8.99. The second kappa shape index (κ2) is 5.40. The van der Waals surface area contributed by atoms with Crippen LogP contribution >= 0.6 is 11.6 Å². The van der Waals surface area contributed by atoms with Crippen LogP contribution in [-0.4, -0.2) is 33.0 Å². The van der Waals surface area contributed by atoms with Crippen molar-refractivity contribution < 1.29 is 4.79 Å². The Morgan fingerprint density at radius 3 is 2.79 bits per heavy atom. The smallest absolute Gasteiger partial charge is 0.254 e. The van der Waals surface area contributed by atoms with E-state index in [-0.39, 0.29) is 5.91 Å². The van der Waals surface area contributed by atoms with E-state index in [2.05, 4.69) is 15.2 Å². The quantitative estimate of drug-likeness (QED) is 0.937. The molecule has 1 N–H and O–H groups in total. The maximum Gasteiger partial charge on any atom is 0.254 e. The largest absolute Gasteiger partial charge is 0.334 e. The Labute approximate surface area is 116 Å². The second-order valence-electron chi connectivity index (χ2n) is 4.41. The van der Waals surface area contributed by atoms with Crippen molar-refractivity contribution in [2.45, 2.75) is 20.4 Å². The third kappa shape index (κ3) is 2.93. The summed E-state index contributed by atoms with van der Waals surface area (Å²) < 4.78 is 0. The highest BCUT2D eigenvalue weighted by Gasteiger charge is 2.16. The fraction of sp³-hybridized carbons (Fsp3) is 0.308. The molecule has 0 aliphatic rings. The molecule has 0 saturated carbocycles. The Hall–Kier alpha value is -1.88. The van der Waals surface area contributed by atoms with Gasteiger partial charge in [0.25, 0.3) is 5.91 Å². The lowest BCUT2D eigenvalue weighted by molar-refractivity contribution is 0.0781. The van der Waals surface area contributed by atoms with E-state index in [1.807, 2.05) is 13.8 Å². The predicted octanol–water partition coefficient (Wildman–Crippen LogP) is 2.35. The Morgan fingerprint density at radius 2 is 2.16 bits per heavy atom. The van der Waals surface area contributed by atoms with E-state index >= 15 is 0 Å². The second-order valence-corrected chi connectivity index (χ2v) is 4.82. The molecule has 1 heterocycles. The molecular weight excluding hydrogens is 264 g/mol. The van der Waals surface area contributed by atoms with Gasteiger partial charge in [0.05, 0.1) is 6.54 Å². The zero-order chi connectivity index (χ0) is 14.0. The van der Waals surface area contributed by atoms with Crippen LogP contribution in [-0.2, 0) is 6.54 Å². The molecule has 5 nitrogen and oxygen atoms in total. The SMILES string of the molecule is Cc1nc(CN(C)C(=O)c2cccc(Cl)c2C)n[nH]1. The molecule has 1 amide bonds. The molecule has 1 aromatic heterocycles.